The molecule has 6 heteroatoms. The molecule has 6 rings (SSSR count). The summed E-state index contributed by atoms with van der Waals surface area (Å²) in [7, 11) is 0. The third-order valence-corrected chi connectivity index (χ3v) is 7.96. The highest BCUT2D eigenvalue weighted by Gasteiger charge is 2.31. The van der Waals surface area contributed by atoms with Gasteiger partial charge in [-0.1, -0.05) is 6.42 Å². The Morgan fingerprint density at radius 2 is 1.60 bits per heavy atom. The van der Waals surface area contributed by atoms with Gasteiger partial charge in [0.05, 0.1) is 5.39 Å². The minimum absolute atomic E-state index is 0.175. The lowest BCUT2D eigenvalue weighted by atomic mass is 10.1. The third-order valence-electron chi connectivity index (χ3n) is 6.78. The van der Waals surface area contributed by atoms with Crippen molar-refractivity contribution in [3.05, 3.63) is 46.3 Å². The SMILES string of the molecule is Fc1ccc(N2CCN(c3nc(C4CC4)nc4sc5c(c34)CCCCC5)CC2)cc1. The van der Waals surface area contributed by atoms with E-state index >= 15 is 0 Å². The maximum absolute atomic E-state index is 13.3. The second-order valence-electron chi connectivity index (χ2n) is 8.87. The number of fused-ring (bicyclic) bond motifs is 3. The second-order valence-corrected chi connectivity index (χ2v) is 9.96. The lowest BCUT2D eigenvalue weighted by molar-refractivity contribution is 0.624. The van der Waals surface area contributed by atoms with Crippen molar-refractivity contribution in [2.45, 2.75) is 50.9 Å². The first kappa shape index (κ1) is 18.6. The van der Waals surface area contributed by atoms with Crippen molar-refractivity contribution in [2.75, 3.05) is 36.0 Å². The van der Waals surface area contributed by atoms with Gasteiger partial charge in [0.1, 0.15) is 22.3 Å². The summed E-state index contributed by atoms with van der Waals surface area (Å²) in [4.78, 5) is 17.8. The lowest BCUT2D eigenvalue weighted by Crippen LogP contribution is -2.47. The van der Waals surface area contributed by atoms with E-state index in [0.29, 0.717) is 5.92 Å². The lowest BCUT2D eigenvalue weighted by Gasteiger charge is -2.37. The summed E-state index contributed by atoms with van der Waals surface area (Å²) < 4.78 is 13.3. The smallest absolute Gasteiger partial charge is 0.141 e. The molecule has 0 N–H and O–H groups in total. The fourth-order valence-electron chi connectivity index (χ4n) is 4.91. The number of halogens is 1. The van der Waals surface area contributed by atoms with Crippen molar-refractivity contribution in [1.29, 1.82) is 0 Å². The molecule has 2 fully saturated rings. The molecule has 2 aliphatic carbocycles. The topological polar surface area (TPSA) is 32.3 Å². The maximum atomic E-state index is 13.3. The molecule has 1 aromatic carbocycles. The van der Waals surface area contributed by atoms with Crippen LogP contribution in [0.15, 0.2) is 24.3 Å². The van der Waals surface area contributed by atoms with Crippen LogP contribution in [0.5, 0.6) is 0 Å². The first-order valence-corrected chi connectivity index (χ1v) is 12.2. The fraction of sp³-hybridized carbons (Fsp3) is 0.500. The molecule has 3 aromatic rings. The molecule has 0 atom stereocenters. The van der Waals surface area contributed by atoms with Gasteiger partial charge in [-0.25, -0.2) is 14.4 Å². The van der Waals surface area contributed by atoms with E-state index in [1.807, 2.05) is 23.5 Å². The summed E-state index contributed by atoms with van der Waals surface area (Å²) in [5, 5.41) is 1.34. The first-order valence-electron chi connectivity index (χ1n) is 11.3. The van der Waals surface area contributed by atoms with E-state index in [4.69, 9.17) is 9.97 Å². The number of nitrogens with zero attached hydrogens (tertiary/aromatic N) is 4. The molecule has 0 amide bonds. The summed E-state index contributed by atoms with van der Waals surface area (Å²) in [6.07, 6.45) is 8.74. The molecule has 4 nitrogen and oxygen atoms in total. The van der Waals surface area contributed by atoms with Gasteiger partial charge in [-0.2, -0.15) is 0 Å². The first-order chi connectivity index (χ1) is 14.8. The average molecular weight is 423 g/mol. The molecule has 3 heterocycles. The van der Waals surface area contributed by atoms with Crippen LogP contribution in [0.2, 0.25) is 0 Å². The zero-order chi connectivity index (χ0) is 20.1. The van der Waals surface area contributed by atoms with Crippen molar-refractivity contribution in [2.24, 2.45) is 0 Å². The number of anilines is 2. The van der Waals surface area contributed by atoms with Crippen molar-refractivity contribution in [3.8, 4) is 0 Å². The number of rotatable bonds is 3. The molecule has 2 aromatic heterocycles. The Kier molecular flexibility index (Phi) is 4.63. The van der Waals surface area contributed by atoms with Crippen LogP contribution in [-0.2, 0) is 12.8 Å². The van der Waals surface area contributed by atoms with Crippen LogP contribution < -0.4 is 9.80 Å². The Morgan fingerprint density at radius 3 is 2.37 bits per heavy atom. The third kappa shape index (κ3) is 3.35. The van der Waals surface area contributed by atoms with Crippen LogP contribution in [0, 0.1) is 5.82 Å². The van der Waals surface area contributed by atoms with Crippen LogP contribution >= 0.6 is 11.3 Å². The zero-order valence-corrected chi connectivity index (χ0v) is 18.1. The predicted octanol–water partition coefficient (Wildman–Crippen LogP) is 5.30. The minimum atomic E-state index is -0.175. The van der Waals surface area contributed by atoms with Gasteiger partial charge >= 0.3 is 0 Å². The number of hydrogen-bond acceptors (Lipinski definition) is 5. The monoisotopic (exact) mass is 422 g/mol. The number of aryl methyl sites for hydroxylation is 2. The van der Waals surface area contributed by atoms with Crippen molar-refractivity contribution >= 4 is 33.1 Å². The molecule has 0 unspecified atom stereocenters. The minimum Gasteiger partial charge on any atom is -0.368 e. The van der Waals surface area contributed by atoms with E-state index < -0.39 is 0 Å². The quantitative estimate of drug-likeness (QED) is 0.536. The summed E-state index contributed by atoms with van der Waals surface area (Å²) in [5.74, 6) is 2.64. The molecule has 30 heavy (non-hydrogen) atoms. The van der Waals surface area contributed by atoms with Crippen LogP contribution in [0.4, 0.5) is 15.9 Å². The molecule has 1 aliphatic heterocycles. The fourth-order valence-corrected chi connectivity index (χ4v) is 6.18. The van der Waals surface area contributed by atoms with Crippen molar-refractivity contribution in [1.82, 2.24) is 9.97 Å². The van der Waals surface area contributed by atoms with Gasteiger partial charge in [0.25, 0.3) is 0 Å². The Balaban J connectivity index is 1.34. The Labute approximate surface area is 180 Å². The number of piperazine rings is 1. The van der Waals surface area contributed by atoms with Crippen LogP contribution in [0.3, 0.4) is 0 Å². The standard InChI is InChI=1S/C24H27FN4S/c25-17-8-10-18(11-9-17)28-12-14-29(15-13-28)23-21-19-4-2-1-3-5-20(19)30-24(21)27-22(26-23)16-6-7-16/h8-11,16H,1-7,12-15H2. The normalized spacial score (nSPS) is 19.8. The van der Waals surface area contributed by atoms with E-state index in [2.05, 4.69) is 9.80 Å². The van der Waals surface area contributed by atoms with Gasteiger partial charge in [-0.3, -0.25) is 0 Å². The molecule has 3 aliphatic rings. The van der Waals surface area contributed by atoms with Gasteiger partial charge in [-0.05, 0) is 68.4 Å². The summed E-state index contributed by atoms with van der Waals surface area (Å²) in [6, 6.07) is 6.88. The largest absolute Gasteiger partial charge is 0.368 e. The molecular formula is C24H27FN4S. The highest BCUT2D eigenvalue weighted by atomic mass is 32.1. The van der Waals surface area contributed by atoms with Gasteiger partial charge in [0, 0.05) is 42.7 Å². The zero-order valence-electron chi connectivity index (χ0n) is 17.2. The van der Waals surface area contributed by atoms with Gasteiger partial charge < -0.3 is 9.80 Å². The Morgan fingerprint density at radius 1 is 0.867 bits per heavy atom. The molecule has 1 saturated carbocycles. The van der Waals surface area contributed by atoms with E-state index in [1.54, 1.807) is 17.0 Å². The van der Waals surface area contributed by atoms with Gasteiger partial charge in [0.2, 0.25) is 0 Å². The van der Waals surface area contributed by atoms with Crippen LogP contribution in [0.1, 0.15) is 54.3 Å². The highest BCUT2D eigenvalue weighted by Crippen LogP contribution is 2.44. The van der Waals surface area contributed by atoms with Crippen molar-refractivity contribution < 1.29 is 4.39 Å². The Hall–Kier alpha value is -2.21. The summed E-state index contributed by atoms with van der Waals surface area (Å²) in [6.45, 7) is 3.75. The number of hydrogen-bond donors (Lipinski definition) is 0. The van der Waals surface area contributed by atoms with E-state index in [9.17, 15) is 4.39 Å². The van der Waals surface area contributed by atoms with Gasteiger partial charge in [-0.15, -0.1) is 11.3 Å². The molecular weight excluding hydrogens is 395 g/mol. The molecule has 0 bridgehead atoms. The predicted molar refractivity (Wildman–Crippen MR) is 121 cm³/mol. The summed E-state index contributed by atoms with van der Waals surface area (Å²) >= 11 is 1.93. The highest BCUT2D eigenvalue weighted by molar-refractivity contribution is 7.19. The number of benzene rings is 1. The van der Waals surface area contributed by atoms with Crippen molar-refractivity contribution in [3.63, 3.8) is 0 Å². The maximum Gasteiger partial charge on any atom is 0.141 e. The average Bonchev–Trinajstić information content (AvgIpc) is 3.59. The Bertz CT molecular complexity index is 1060. The molecule has 1 saturated heterocycles. The molecule has 0 radical (unpaired) electrons. The van der Waals surface area contributed by atoms with Gasteiger partial charge in [0.15, 0.2) is 0 Å². The number of aromatic nitrogens is 2. The molecule has 0 spiro atoms. The van der Waals surface area contributed by atoms with Crippen LogP contribution in [0.25, 0.3) is 10.2 Å². The van der Waals surface area contributed by atoms with E-state index in [-0.39, 0.29) is 5.82 Å². The van der Waals surface area contributed by atoms with E-state index in [0.717, 1.165) is 37.7 Å². The number of thiophene rings is 1. The summed E-state index contributed by atoms with van der Waals surface area (Å²) in [5.41, 5.74) is 2.64. The second kappa shape index (κ2) is 7.49. The molecule has 156 valence electrons. The van der Waals surface area contributed by atoms with E-state index in [1.165, 1.54) is 66.5 Å². The van der Waals surface area contributed by atoms with Crippen LogP contribution in [-0.4, -0.2) is 36.1 Å².